The highest BCUT2D eigenvalue weighted by molar-refractivity contribution is 7.89. The number of hydrogen-bond donors (Lipinski definition) is 2. The first-order valence-corrected chi connectivity index (χ1v) is 22.3. The van der Waals surface area contributed by atoms with Crippen LogP contribution in [0.2, 0.25) is 0 Å². The number of benzene rings is 4. The Morgan fingerprint density at radius 2 is 1.33 bits per heavy atom. The van der Waals surface area contributed by atoms with Crippen LogP contribution in [0.15, 0.2) is 134 Å². The Morgan fingerprint density at radius 1 is 0.762 bits per heavy atom. The summed E-state index contributed by atoms with van der Waals surface area (Å²) in [5, 5.41) is 8.10. The number of imidazole rings is 1. The molecule has 17 heteroatoms. The Hall–Kier alpha value is -6.82. The third-order valence-corrected chi connectivity index (χ3v) is 12.1. The van der Waals surface area contributed by atoms with Crippen molar-refractivity contribution in [3.05, 3.63) is 168 Å². The summed E-state index contributed by atoms with van der Waals surface area (Å²) in [6, 6.07) is 37.0. The third-order valence-electron chi connectivity index (χ3n) is 10.4. The zero-order chi connectivity index (χ0) is 43.9. The van der Waals surface area contributed by atoms with Crippen molar-refractivity contribution in [2.45, 2.75) is 64.3 Å². The molecule has 1 saturated heterocycles. The molecule has 4 unspecified atom stereocenters. The molecule has 0 spiro atoms. The van der Waals surface area contributed by atoms with E-state index in [1.54, 1.807) is 69.9 Å². The molecule has 4 aromatic carbocycles. The highest BCUT2D eigenvalue weighted by Gasteiger charge is 2.53. The van der Waals surface area contributed by atoms with Crippen LogP contribution < -0.4 is 10.0 Å². The lowest BCUT2D eigenvalue weighted by Crippen LogP contribution is -2.38. The van der Waals surface area contributed by atoms with Crippen molar-refractivity contribution in [3.63, 3.8) is 0 Å². The number of ether oxygens (including phenoxy) is 3. The number of aryl methyl sites for hydroxylation is 1. The standard InChI is InChI=1S/C46H47N9O7S/c1-4-54-28-49-42(53-54)39-38(61-45(56)33-21-13-7-14-22-33)40(62-46(57)34-23-15-8-16-24-34)44(60-39)55-29-48-37-41(51-36(52-43(37)55)26-50-63(58,59)27-30(2)3)47-25-35(31-17-9-5-10-18-31)32-19-11-6-12-20-32/h5-24,28-30,35,38-40,44,50H,4,25-27H2,1-3H3,(H,47,51,52). The van der Waals surface area contributed by atoms with Gasteiger partial charge < -0.3 is 19.5 Å². The number of aromatic nitrogens is 7. The lowest BCUT2D eigenvalue weighted by Gasteiger charge is -2.24. The Balaban J connectivity index is 1.23. The van der Waals surface area contributed by atoms with Gasteiger partial charge in [-0.25, -0.2) is 42.7 Å². The first-order valence-electron chi connectivity index (χ1n) is 20.7. The van der Waals surface area contributed by atoms with Gasteiger partial charge >= 0.3 is 11.9 Å². The summed E-state index contributed by atoms with van der Waals surface area (Å²) >= 11 is 0. The predicted molar refractivity (Wildman–Crippen MR) is 234 cm³/mol. The minimum Gasteiger partial charge on any atom is -0.451 e. The van der Waals surface area contributed by atoms with Gasteiger partial charge in [0.25, 0.3) is 0 Å². The van der Waals surface area contributed by atoms with Gasteiger partial charge in [-0.3, -0.25) is 9.25 Å². The molecular formula is C46H47N9O7S. The van der Waals surface area contributed by atoms with Crippen molar-refractivity contribution in [2.75, 3.05) is 17.6 Å². The van der Waals surface area contributed by atoms with Crippen LogP contribution in [0, 0.1) is 5.92 Å². The number of sulfonamides is 1. The summed E-state index contributed by atoms with van der Waals surface area (Å²) in [6.07, 6.45) is -1.89. The van der Waals surface area contributed by atoms with Crippen LogP contribution in [0.3, 0.4) is 0 Å². The molecule has 0 aliphatic carbocycles. The number of fused-ring (bicyclic) bond motifs is 1. The zero-order valence-corrected chi connectivity index (χ0v) is 35.7. The molecule has 0 bridgehead atoms. The second-order valence-corrected chi connectivity index (χ2v) is 17.3. The van der Waals surface area contributed by atoms with Gasteiger partial charge in [0.1, 0.15) is 12.2 Å². The van der Waals surface area contributed by atoms with Crippen molar-refractivity contribution in [1.29, 1.82) is 0 Å². The van der Waals surface area contributed by atoms with Crippen molar-refractivity contribution >= 4 is 38.9 Å². The number of esters is 2. The monoisotopic (exact) mass is 869 g/mol. The van der Waals surface area contributed by atoms with Gasteiger partial charge in [0.05, 0.1) is 29.8 Å². The largest absolute Gasteiger partial charge is 0.451 e. The SMILES string of the molecule is CCn1cnc(C2OC(n3cnc4c(NCC(c5ccccc5)c5ccccc5)nc(CNS(=O)(=O)CC(C)C)nc43)C(OC(=O)c3ccccc3)C2OC(=O)c2ccccc2)n1. The average Bonchev–Trinajstić information content (AvgIpc) is 4.04. The third kappa shape index (κ3) is 9.96. The fourth-order valence-electron chi connectivity index (χ4n) is 7.47. The highest BCUT2D eigenvalue weighted by atomic mass is 32.2. The fourth-order valence-corrected chi connectivity index (χ4v) is 8.81. The van der Waals surface area contributed by atoms with Crippen LogP contribution >= 0.6 is 0 Å². The summed E-state index contributed by atoms with van der Waals surface area (Å²) in [6.45, 7) is 6.19. The van der Waals surface area contributed by atoms with Crippen LogP contribution in [-0.4, -0.2) is 79.1 Å². The predicted octanol–water partition coefficient (Wildman–Crippen LogP) is 6.48. The molecule has 0 radical (unpaired) electrons. The first kappa shape index (κ1) is 42.9. The van der Waals surface area contributed by atoms with Crippen LogP contribution in [0.25, 0.3) is 11.2 Å². The van der Waals surface area contributed by atoms with E-state index < -0.39 is 46.5 Å². The van der Waals surface area contributed by atoms with Crippen LogP contribution in [0.5, 0.6) is 0 Å². The van der Waals surface area contributed by atoms with E-state index in [4.69, 9.17) is 29.2 Å². The van der Waals surface area contributed by atoms with E-state index in [0.717, 1.165) is 11.1 Å². The summed E-state index contributed by atoms with van der Waals surface area (Å²) in [5.74, 6) is -1.04. The normalized spacial score (nSPS) is 17.6. The van der Waals surface area contributed by atoms with E-state index in [1.807, 2.05) is 57.2 Å². The highest BCUT2D eigenvalue weighted by Crippen LogP contribution is 2.43. The number of anilines is 1. The van der Waals surface area contributed by atoms with Crippen LogP contribution in [-0.2, 0) is 37.3 Å². The minimum absolute atomic E-state index is 0.0925. The van der Waals surface area contributed by atoms with E-state index in [1.165, 1.54) is 12.7 Å². The van der Waals surface area contributed by atoms with E-state index in [9.17, 15) is 18.0 Å². The van der Waals surface area contributed by atoms with Gasteiger partial charge in [0, 0.05) is 19.0 Å². The summed E-state index contributed by atoms with van der Waals surface area (Å²) in [4.78, 5) is 46.7. The average molecular weight is 870 g/mol. The summed E-state index contributed by atoms with van der Waals surface area (Å²) < 4.78 is 51.2. The topological polar surface area (TPSA) is 194 Å². The van der Waals surface area contributed by atoms with Gasteiger partial charge in [0.15, 0.2) is 47.3 Å². The molecule has 1 aliphatic rings. The molecule has 63 heavy (non-hydrogen) atoms. The smallest absolute Gasteiger partial charge is 0.338 e. The van der Waals surface area contributed by atoms with E-state index in [2.05, 4.69) is 44.4 Å². The number of carbonyl (C=O) groups is 2. The lowest BCUT2D eigenvalue weighted by atomic mass is 9.91. The molecule has 0 saturated carbocycles. The molecule has 7 aromatic rings. The quantitative estimate of drug-likeness (QED) is 0.0946. The zero-order valence-electron chi connectivity index (χ0n) is 34.9. The molecule has 324 valence electrons. The maximum absolute atomic E-state index is 13.9. The number of rotatable bonds is 17. The molecule has 0 amide bonds. The van der Waals surface area contributed by atoms with Gasteiger partial charge in [-0.15, -0.1) is 0 Å². The molecule has 4 heterocycles. The molecule has 4 atom stereocenters. The number of nitrogens with zero attached hydrogens (tertiary/aromatic N) is 7. The van der Waals surface area contributed by atoms with Gasteiger partial charge in [-0.05, 0) is 48.2 Å². The second kappa shape index (κ2) is 19.1. The fraction of sp³-hybridized carbons (Fsp3) is 0.283. The van der Waals surface area contributed by atoms with Crippen molar-refractivity contribution in [1.82, 2.24) is 39.0 Å². The van der Waals surface area contributed by atoms with Crippen LogP contribution in [0.1, 0.15) is 82.5 Å². The Labute approximate surface area is 364 Å². The molecule has 1 fully saturated rings. The van der Waals surface area contributed by atoms with E-state index >= 15 is 0 Å². The Kier molecular flexibility index (Phi) is 13.0. The van der Waals surface area contributed by atoms with Gasteiger partial charge in [-0.2, -0.15) is 5.10 Å². The Morgan fingerprint density at radius 3 is 1.89 bits per heavy atom. The van der Waals surface area contributed by atoms with E-state index in [-0.39, 0.29) is 52.6 Å². The summed E-state index contributed by atoms with van der Waals surface area (Å²) in [7, 11) is -3.70. The molecule has 1 aliphatic heterocycles. The van der Waals surface area contributed by atoms with Crippen molar-refractivity contribution < 1.29 is 32.2 Å². The van der Waals surface area contributed by atoms with Gasteiger partial charge in [0.2, 0.25) is 10.0 Å². The maximum atomic E-state index is 13.9. The maximum Gasteiger partial charge on any atom is 0.338 e. The molecule has 3 aromatic heterocycles. The minimum atomic E-state index is -3.70. The number of hydrogen-bond acceptors (Lipinski definition) is 13. The molecular weight excluding hydrogens is 823 g/mol. The summed E-state index contributed by atoms with van der Waals surface area (Å²) in [5.41, 5.74) is 3.22. The molecule has 8 rings (SSSR count). The van der Waals surface area contributed by atoms with E-state index in [0.29, 0.717) is 24.4 Å². The number of nitrogens with one attached hydrogen (secondary N) is 2. The molecule has 2 N–H and O–H groups in total. The number of carbonyl (C=O) groups excluding carboxylic acids is 2. The Bertz CT molecular complexity index is 2710. The first-order chi connectivity index (χ1) is 30.6. The van der Waals surface area contributed by atoms with Crippen LogP contribution in [0.4, 0.5) is 5.82 Å². The van der Waals surface area contributed by atoms with Crippen molar-refractivity contribution in [3.8, 4) is 0 Å². The van der Waals surface area contributed by atoms with Gasteiger partial charge in [-0.1, -0.05) is 111 Å². The molecule has 16 nitrogen and oxygen atoms in total. The lowest BCUT2D eigenvalue weighted by molar-refractivity contribution is -0.0498. The van der Waals surface area contributed by atoms with Crippen molar-refractivity contribution in [2.24, 2.45) is 5.92 Å². The second-order valence-electron chi connectivity index (χ2n) is 15.4.